The minimum Gasteiger partial charge on any atom is -0.508 e. The van der Waals surface area contributed by atoms with Gasteiger partial charge in [0.2, 0.25) is 0 Å². The first-order chi connectivity index (χ1) is 10.7. The van der Waals surface area contributed by atoms with Crippen molar-refractivity contribution in [1.29, 1.82) is 0 Å². The Morgan fingerprint density at radius 2 is 2.14 bits per heavy atom. The van der Waals surface area contributed by atoms with Crippen LogP contribution in [0.2, 0.25) is 0 Å². The maximum absolute atomic E-state index is 9.76. The highest BCUT2D eigenvalue weighted by molar-refractivity contribution is 5.80. The van der Waals surface area contributed by atoms with Crippen LogP contribution in [0.15, 0.2) is 48.2 Å². The molecule has 1 aliphatic carbocycles. The van der Waals surface area contributed by atoms with Crippen molar-refractivity contribution in [2.45, 2.75) is 25.7 Å². The van der Waals surface area contributed by atoms with Gasteiger partial charge >= 0.3 is 0 Å². The number of fused-ring (bicyclic) bond motifs is 1. The van der Waals surface area contributed by atoms with Crippen molar-refractivity contribution in [2.75, 3.05) is 13.6 Å². The van der Waals surface area contributed by atoms with Gasteiger partial charge in [0.05, 0.1) is 0 Å². The first kappa shape index (κ1) is 14.8. The third-order valence-corrected chi connectivity index (χ3v) is 4.40. The number of nitrogens with one attached hydrogen (secondary N) is 1. The van der Waals surface area contributed by atoms with Crippen molar-refractivity contribution in [3.63, 3.8) is 0 Å². The summed E-state index contributed by atoms with van der Waals surface area (Å²) in [4.78, 5) is 4.53. The Kier molecular flexibility index (Phi) is 4.25. The van der Waals surface area contributed by atoms with Crippen molar-refractivity contribution in [3.8, 4) is 5.75 Å². The maximum Gasteiger partial charge on any atom is 0.115 e. The Labute approximate surface area is 131 Å². The fourth-order valence-corrected chi connectivity index (χ4v) is 3.32. The molecule has 22 heavy (non-hydrogen) atoms. The molecule has 2 N–H and O–H groups in total. The molecule has 1 heterocycles. The zero-order valence-electron chi connectivity index (χ0n) is 13.1. The second kappa shape index (κ2) is 6.32. The quantitative estimate of drug-likeness (QED) is 0.887. The van der Waals surface area contributed by atoms with Crippen LogP contribution >= 0.6 is 0 Å². The highest BCUT2D eigenvalue weighted by Gasteiger charge is 2.26. The Morgan fingerprint density at radius 3 is 2.86 bits per heavy atom. The lowest BCUT2D eigenvalue weighted by Gasteiger charge is -2.17. The molecule has 0 spiro atoms. The van der Waals surface area contributed by atoms with Gasteiger partial charge in [-0.25, -0.2) is 0 Å². The average Bonchev–Trinajstić information content (AvgIpc) is 2.90. The number of phenolic OH excluding ortho intramolecular Hbond substituents is 1. The van der Waals surface area contributed by atoms with Crippen LogP contribution in [0.25, 0.3) is 5.57 Å². The predicted molar refractivity (Wildman–Crippen MR) is 89.9 cm³/mol. The van der Waals surface area contributed by atoms with E-state index >= 15 is 0 Å². The van der Waals surface area contributed by atoms with E-state index in [4.69, 9.17) is 0 Å². The Balaban J connectivity index is 2.02. The topological polar surface area (TPSA) is 45.2 Å². The molecule has 0 saturated carbocycles. The number of aromatic nitrogens is 1. The van der Waals surface area contributed by atoms with Crippen LogP contribution in [0.5, 0.6) is 5.75 Å². The molecule has 3 heteroatoms. The zero-order valence-corrected chi connectivity index (χ0v) is 13.1. The van der Waals surface area contributed by atoms with Gasteiger partial charge in [0, 0.05) is 17.8 Å². The fraction of sp³-hybridized carbons (Fsp3) is 0.316. The van der Waals surface area contributed by atoms with Crippen molar-refractivity contribution in [3.05, 3.63) is 65.0 Å². The molecule has 0 fully saturated rings. The summed E-state index contributed by atoms with van der Waals surface area (Å²) in [6.07, 6.45) is 3.81. The summed E-state index contributed by atoms with van der Waals surface area (Å²) in [6.45, 7) is 3.19. The second-order valence-corrected chi connectivity index (χ2v) is 5.87. The predicted octanol–water partition coefficient (Wildman–Crippen LogP) is 3.51. The van der Waals surface area contributed by atoms with Crippen LogP contribution in [0, 0.1) is 0 Å². The minimum absolute atomic E-state index is 0.263. The van der Waals surface area contributed by atoms with E-state index in [0.29, 0.717) is 5.75 Å². The number of pyridine rings is 1. The van der Waals surface area contributed by atoms with E-state index in [0.717, 1.165) is 25.1 Å². The largest absolute Gasteiger partial charge is 0.508 e. The smallest absolute Gasteiger partial charge is 0.115 e. The lowest BCUT2D eigenvalue weighted by Crippen LogP contribution is -2.09. The molecule has 0 saturated heterocycles. The van der Waals surface area contributed by atoms with Crippen molar-refractivity contribution >= 4 is 5.57 Å². The summed E-state index contributed by atoms with van der Waals surface area (Å²) >= 11 is 0. The number of rotatable bonds is 5. The highest BCUT2D eigenvalue weighted by Crippen LogP contribution is 2.43. The molecule has 1 atom stereocenters. The Bertz CT molecular complexity index is 692. The van der Waals surface area contributed by atoms with E-state index in [1.54, 1.807) is 6.07 Å². The summed E-state index contributed by atoms with van der Waals surface area (Å²) in [5.74, 6) is 0.609. The van der Waals surface area contributed by atoms with Gasteiger partial charge in [0.15, 0.2) is 0 Å². The van der Waals surface area contributed by atoms with Gasteiger partial charge in [-0.3, -0.25) is 4.98 Å². The van der Waals surface area contributed by atoms with Crippen molar-refractivity contribution in [2.24, 2.45) is 0 Å². The SMILES string of the molecule is CNCCC1=C(C(C)c2ccccn2)c2ccc(O)cc2C1. The van der Waals surface area contributed by atoms with E-state index in [-0.39, 0.29) is 5.92 Å². The van der Waals surface area contributed by atoms with Gasteiger partial charge in [0.1, 0.15) is 5.75 Å². The van der Waals surface area contributed by atoms with Crippen LogP contribution < -0.4 is 5.32 Å². The third kappa shape index (κ3) is 2.77. The molecule has 1 unspecified atom stereocenters. The molecule has 0 amide bonds. The minimum atomic E-state index is 0.263. The molecule has 1 aromatic heterocycles. The number of phenols is 1. The summed E-state index contributed by atoms with van der Waals surface area (Å²) in [5.41, 5.74) is 6.42. The Morgan fingerprint density at radius 1 is 1.27 bits per heavy atom. The van der Waals surface area contributed by atoms with Gasteiger partial charge in [0.25, 0.3) is 0 Å². The van der Waals surface area contributed by atoms with E-state index in [9.17, 15) is 5.11 Å². The van der Waals surface area contributed by atoms with Crippen molar-refractivity contribution in [1.82, 2.24) is 10.3 Å². The number of hydrogen-bond donors (Lipinski definition) is 2. The monoisotopic (exact) mass is 294 g/mol. The van der Waals surface area contributed by atoms with Gasteiger partial charge in [-0.05, 0) is 67.4 Å². The summed E-state index contributed by atoms with van der Waals surface area (Å²) in [6, 6.07) is 11.8. The second-order valence-electron chi connectivity index (χ2n) is 5.87. The molecule has 1 aliphatic rings. The summed E-state index contributed by atoms with van der Waals surface area (Å²) in [5, 5.41) is 13.0. The van der Waals surface area contributed by atoms with Crippen LogP contribution in [-0.4, -0.2) is 23.7 Å². The van der Waals surface area contributed by atoms with E-state index in [1.807, 2.05) is 37.5 Å². The van der Waals surface area contributed by atoms with Crippen LogP contribution in [0.3, 0.4) is 0 Å². The Hall–Kier alpha value is -2.13. The molecular weight excluding hydrogens is 272 g/mol. The molecule has 3 rings (SSSR count). The summed E-state index contributed by atoms with van der Waals surface area (Å²) < 4.78 is 0. The lowest BCUT2D eigenvalue weighted by atomic mass is 9.89. The standard InChI is InChI=1S/C19H22N2O/c1-13(18-5-3-4-9-21-18)19-14(8-10-20-2)11-15-12-16(22)6-7-17(15)19/h3-7,9,12-13,20,22H,8,10-11H2,1-2H3. The average molecular weight is 294 g/mol. The number of hydrogen-bond acceptors (Lipinski definition) is 3. The van der Waals surface area contributed by atoms with Crippen LogP contribution in [-0.2, 0) is 6.42 Å². The molecule has 1 aromatic carbocycles. The normalized spacial score (nSPS) is 15.0. The lowest BCUT2D eigenvalue weighted by molar-refractivity contribution is 0.474. The number of benzene rings is 1. The van der Waals surface area contributed by atoms with E-state index in [2.05, 4.69) is 23.3 Å². The molecule has 0 bridgehead atoms. The molecule has 114 valence electrons. The van der Waals surface area contributed by atoms with E-state index in [1.165, 1.54) is 22.3 Å². The van der Waals surface area contributed by atoms with Crippen LogP contribution in [0.4, 0.5) is 0 Å². The number of nitrogens with zero attached hydrogens (tertiary/aromatic N) is 1. The number of allylic oxidation sites excluding steroid dienone is 1. The van der Waals surface area contributed by atoms with Gasteiger partial charge in [-0.1, -0.05) is 24.6 Å². The van der Waals surface area contributed by atoms with Crippen LogP contribution in [0.1, 0.15) is 36.1 Å². The summed E-state index contributed by atoms with van der Waals surface area (Å²) in [7, 11) is 1.98. The third-order valence-electron chi connectivity index (χ3n) is 4.40. The first-order valence-electron chi connectivity index (χ1n) is 7.80. The molecule has 3 nitrogen and oxygen atoms in total. The molecule has 0 radical (unpaired) electrons. The first-order valence-corrected chi connectivity index (χ1v) is 7.80. The highest BCUT2D eigenvalue weighted by atomic mass is 16.3. The molecule has 2 aromatic rings. The van der Waals surface area contributed by atoms with Gasteiger partial charge < -0.3 is 10.4 Å². The zero-order chi connectivity index (χ0) is 15.5. The molecular formula is C19H22N2O. The van der Waals surface area contributed by atoms with Gasteiger partial charge in [-0.2, -0.15) is 0 Å². The van der Waals surface area contributed by atoms with Crippen molar-refractivity contribution < 1.29 is 5.11 Å². The number of aromatic hydroxyl groups is 1. The van der Waals surface area contributed by atoms with E-state index < -0.39 is 0 Å². The maximum atomic E-state index is 9.76. The fourth-order valence-electron chi connectivity index (χ4n) is 3.32. The van der Waals surface area contributed by atoms with Gasteiger partial charge in [-0.15, -0.1) is 0 Å². The molecule has 0 aliphatic heterocycles.